The normalized spacial score (nSPS) is 15.9. The maximum Gasteiger partial charge on any atom is 0.197 e. The largest absolute Gasteiger partial charge is 0.290 e. The number of aromatic nitrogens is 3. The molecule has 0 fully saturated rings. The van der Waals surface area contributed by atoms with Crippen LogP contribution >= 0.6 is 24.4 Å². The first-order chi connectivity index (χ1) is 6.63. The second kappa shape index (κ2) is 3.62. The van der Waals surface area contributed by atoms with E-state index in [1.54, 1.807) is 0 Å². The van der Waals surface area contributed by atoms with Gasteiger partial charge in [-0.1, -0.05) is 0 Å². The fourth-order valence-electron chi connectivity index (χ4n) is 1.93. The molecule has 5 heteroatoms. The molecule has 3 nitrogen and oxygen atoms in total. The minimum absolute atomic E-state index is 0.362. The van der Waals surface area contributed by atoms with E-state index >= 15 is 0 Å². The predicted octanol–water partition coefficient (Wildman–Crippen LogP) is 2.92. The molecular weight excluding hydrogens is 214 g/mol. The third-order valence-electron chi connectivity index (χ3n) is 2.65. The number of nitrogens with zero attached hydrogens (tertiary/aromatic N) is 3. The average Bonchev–Trinajstić information content (AvgIpc) is 2.41. The molecule has 0 aliphatic carbocycles. The highest BCUT2D eigenvalue weighted by Gasteiger charge is 2.14. The molecule has 0 bridgehead atoms. The molecule has 2 rings (SSSR count). The number of fused-ring (bicyclic) bond motifs is 1. The summed E-state index contributed by atoms with van der Waals surface area (Å²) in [4.78, 5) is 0. The summed E-state index contributed by atoms with van der Waals surface area (Å²) in [6.07, 6.45) is 2.43. The second-order valence-electron chi connectivity index (χ2n) is 3.98. The Balaban J connectivity index is 2.70. The van der Waals surface area contributed by atoms with Gasteiger partial charge in [0.25, 0.3) is 0 Å². The van der Waals surface area contributed by atoms with Gasteiger partial charge >= 0.3 is 0 Å². The molecule has 0 atom stereocenters. The van der Waals surface area contributed by atoms with Crippen LogP contribution in [0.25, 0.3) is 0 Å². The smallest absolute Gasteiger partial charge is 0.197 e. The monoisotopic (exact) mass is 229 g/mol. The number of hydrogen-bond acceptors (Lipinski definition) is 2. The molecular formula is C9H15N3S2. The van der Waals surface area contributed by atoms with Crippen LogP contribution in [-0.2, 0) is 13.1 Å². The molecule has 14 heavy (non-hydrogen) atoms. The molecule has 78 valence electrons. The average molecular weight is 229 g/mol. The molecule has 0 aromatic carbocycles. The van der Waals surface area contributed by atoms with E-state index in [4.69, 9.17) is 24.4 Å². The predicted molar refractivity (Wildman–Crippen MR) is 61.7 cm³/mol. The summed E-state index contributed by atoms with van der Waals surface area (Å²) in [5.41, 5.74) is 0. The topological polar surface area (TPSA) is 14.8 Å². The lowest BCUT2D eigenvalue weighted by molar-refractivity contribution is 0.357. The van der Waals surface area contributed by atoms with Crippen molar-refractivity contribution >= 4 is 24.4 Å². The first-order valence-electron chi connectivity index (χ1n) is 5.05. The van der Waals surface area contributed by atoms with Gasteiger partial charge in [0.1, 0.15) is 0 Å². The van der Waals surface area contributed by atoms with Gasteiger partial charge in [0, 0.05) is 19.1 Å². The van der Waals surface area contributed by atoms with E-state index < -0.39 is 0 Å². The molecule has 1 aromatic heterocycles. The van der Waals surface area contributed by atoms with Crippen LogP contribution in [0.5, 0.6) is 0 Å². The summed E-state index contributed by atoms with van der Waals surface area (Å²) < 4.78 is 8.10. The number of hydrogen-bond donors (Lipinski definition) is 0. The van der Waals surface area contributed by atoms with Crippen LogP contribution in [0.1, 0.15) is 32.7 Å². The Hall–Kier alpha value is -0.420. The summed E-state index contributed by atoms with van der Waals surface area (Å²) in [6.45, 7) is 6.28. The van der Waals surface area contributed by atoms with Gasteiger partial charge in [0.2, 0.25) is 0 Å². The quantitative estimate of drug-likeness (QED) is 0.688. The van der Waals surface area contributed by atoms with Crippen LogP contribution in [0.3, 0.4) is 0 Å². The van der Waals surface area contributed by atoms with Gasteiger partial charge in [0.15, 0.2) is 9.54 Å². The Kier molecular flexibility index (Phi) is 2.62. The number of rotatable bonds is 1. The van der Waals surface area contributed by atoms with Gasteiger partial charge in [-0.15, -0.1) is 0 Å². The van der Waals surface area contributed by atoms with E-state index in [1.165, 1.54) is 12.8 Å². The Morgan fingerprint density at radius 3 is 1.79 bits per heavy atom. The van der Waals surface area contributed by atoms with E-state index in [9.17, 15) is 0 Å². The first kappa shape index (κ1) is 10.1. The maximum atomic E-state index is 5.41. The molecule has 1 aliphatic heterocycles. The van der Waals surface area contributed by atoms with Gasteiger partial charge in [0.05, 0.1) is 0 Å². The van der Waals surface area contributed by atoms with E-state index in [2.05, 4.69) is 27.8 Å². The molecule has 0 unspecified atom stereocenters. The summed E-state index contributed by atoms with van der Waals surface area (Å²) in [7, 11) is 0. The minimum atomic E-state index is 0.362. The van der Waals surface area contributed by atoms with Crippen molar-refractivity contribution in [3.05, 3.63) is 9.54 Å². The highest BCUT2D eigenvalue weighted by molar-refractivity contribution is 7.72. The molecule has 0 spiro atoms. The van der Waals surface area contributed by atoms with E-state index in [1.807, 2.05) is 0 Å². The van der Waals surface area contributed by atoms with Gasteiger partial charge in [-0.2, -0.15) is 0 Å². The summed E-state index contributed by atoms with van der Waals surface area (Å²) >= 11 is 10.8. The van der Waals surface area contributed by atoms with Crippen molar-refractivity contribution in [1.29, 1.82) is 0 Å². The van der Waals surface area contributed by atoms with Crippen molar-refractivity contribution < 1.29 is 0 Å². The molecule has 2 heterocycles. The van der Waals surface area contributed by atoms with E-state index in [0.717, 1.165) is 22.6 Å². The fourth-order valence-corrected chi connectivity index (χ4v) is 2.97. The standard InChI is InChI=1S/C9H15N3S2/c1-7(2)12-8(13)10-5-3-4-6-11(10)9(12)14/h7H,3-6H2,1-2H3. The van der Waals surface area contributed by atoms with E-state index in [-0.39, 0.29) is 0 Å². The SMILES string of the molecule is CC(C)n1c(=S)n2n(c1=S)CCCC2. The van der Waals surface area contributed by atoms with E-state index in [0.29, 0.717) is 6.04 Å². The van der Waals surface area contributed by atoms with Gasteiger partial charge < -0.3 is 0 Å². The molecule has 1 aromatic rings. The third kappa shape index (κ3) is 1.39. The first-order valence-corrected chi connectivity index (χ1v) is 5.86. The molecule has 0 saturated carbocycles. The summed E-state index contributed by atoms with van der Waals surface area (Å²) in [5, 5.41) is 0. The Bertz CT molecular complexity index is 412. The third-order valence-corrected chi connectivity index (χ3v) is 3.47. The lowest BCUT2D eigenvalue weighted by Crippen LogP contribution is -2.18. The van der Waals surface area contributed by atoms with Crippen molar-refractivity contribution in [2.75, 3.05) is 0 Å². The zero-order valence-corrected chi connectivity index (χ0v) is 10.2. The van der Waals surface area contributed by atoms with Gasteiger partial charge in [-0.25, -0.2) is 0 Å². The molecule has 0 saturated heterocycles. The zero-order chi connectivity index (χ0) is 10.3. The van der Waals surface area contributed by atoms with Crippen molar-refractivity contribution in [1.82, 2.24) is 13.9 Å². The molecule has 0 amide bonds. The Labute approximate surface area is 93.9 Å². The van der Waals surface area contributed by atoms with Crippen LogP contribution < -0.4 is 0 Å². The zero-order valence-electron chi connectivity index (χ0n) is 8.56. The van der Waals surface area contributed by atoms with Crippen molar-refractivity contribution in [2.24, 2.45) is 0 Å². The fraction of sp³-hybridized carbons (Fsp3) is 0.778. The molecule has 1 aliphatic rings. The van der Waals surface area contributed by atoms with Crippen LogP contribution in [0.2, 0.25) is 0 Å². The highest BCUT2D eigenvalue weighted by Crippen LogP contribution is 2.15. The van der Waals surface area contributed by atoms with Gasteiger partial charge in [-0.3, -0.25) is 13.9 Å². The molecule has 0 radical (unpaired) electrons. The van der Waals surface area contributed by atoms with Crippen LogP contribution in [0.15, 0.2) is 0 Å². The van der Waals surface area contributed by atoms with Crippen molar-refractivity contribution in [3.8, 4) is 0 Å². The Morgan fingerprint density at radius 2 is 1.43 bits per heavy atom. The second-order valence-corrected chi connectivity index (χ2v) is 4.71. The maximum absolute atomic E-state index is 5.41. The van der Waals surface area contributed by atoms with Crippen LogP contribution in [-0.4, -0.2) is 13.9 Å². The minimum Gasteiger partial charge on any atom is -0.290 e. The lowest BCUT2D eigenvalue weighted by Gasteiger charge is -2.15. The lowest BCUT2D eigenvalue weighted by atomic mass is 10.3. The van der Waals surface area contributed by atoms with Crippen molar-refractivity contribution in [2.45, 2.75) is 45.8 Å². The van der Waals surface area contributed by atoms with Crippen molar-refractivity contribution in [3.63, 3.8) is 0 Å². The Morgan fingerprint density at radius 1 is 1.00 bits per heavy atom. The highest BCUT2D eigenvalue weighted by atomic mass is 32.1. The van der Waals surface area contributed by atoms with Crippen LogP contribution in [0, 0.1) is 9.54 Å². The summed E-state index contributed by atoms with van der Waals surface area (Å²) in [5.74, 6) is 0. The summed E-state index contributed by atoms with van der Waals surface area (Å²) in [6, 6.07) is 0.362. The van der Waals surface area contributed by atoms with Gasteiger partial charge in [-0.05, 0) is 51.1 Å². The van der Waals surface area contributed by atoms with Crippen LogP contribution in [0.4, 0.5) is 0 Å². The molecule has 0 N–H and O–H groups in total.